The number of rotatable bonds is 6. The Kier molecular flexibility index (Phi) is 5.59. The van der Waals surface area contributed by atoms with E-state index in [1.165, 1.54) is 0 Å². The van der Waals surface area contributed by atoms with Crippen LogP contribution in [0.3, 0.4) is 0 Å². The summed E-state index contributed by atoms with van der Waals surface area (Å²) in [6, 6.07) is 9.51. The predicted molar refractivity (Wildman–Crippen MR) is 64.6 cm³/mol. The molecule has 17 heavy (non-hydrogen) atoms. The van der Waals surface area contributed by atoms with Crippen LogP contribution in [0.15, 0.2) is 24.3 Å². The highest BCUT2D eigenvalue weighted by Crippen LogP contribution is 2.12. The van der Waals surface area contributed by atoms with Crippen LogP contribution >= 0.6 is 0 Å². The molecule has 0 atom stereocenters. The zero-order valence-corrected chi connectivity index (χ0v) is 9.90. The smallest absolute Gasteiger partial charge is 0.219 e. The molecule has 0 fully saturated rings. The Morgan fingerprint density at radius 3 is 2.71 bits per heavy atom. The van der Waals surface area contributed by atoms with E-state index in [9.17, 15) is 4.79 Å². The summed E-state index contributed by atoms with van der Waals surface area (Å²) in [5, 5.41) is 11.1. The van der Waals surface area contributed by atoms with E-state index >= 15 is 0 Å². The number of nitriles is 1. The normalized spacial score (nSPS) is 9.41. The zero-order valence-electron chi connectivity index (χ0n) is 9.90. The second-order valence-electron chi connectivity index (χ2n) is 3.60. The minimum atomic E-state index is 0.0259. The van der Waals surface area contributed by atoms with Gasteiger partial charge in [0, 0.05) is 13.5 Å². The molecule has 0 bridgehead atoms. The number of hydrogen-bond donors (Lipinski definition) is 1. The summed E-state index contributed by atoms with van der Waals surface area (Å²) in [6.07, 6.45) is 1.58. The first-order valence-corrected chi connectivity index (χ1v) is 5.55. The third-order valence-corrected chi connectivity index (χ3v) is 2.30. The van der Waals surface area contributed by atoms with Crippen LogP contribution in [-0.4, -0.2) is 19.6 Å². The molecule has 0 aliphatic carbocycles. The van der Waals surface area contributed by atoms with Gasteiger partial charge in [-0.1, -0.05) is 12.1 Å². The van der Waals surface area contributed by atoms with E-state index in [1.54, 1.807) is 7.05 Å². The van der Waals surface area contributed by atoms with Crippen molar-refractivity contribution < 1.29 is 9.53 Å². The molecule has 0 spiro atoms. The van der Waals surface area contributed by atoms with Crippen LogP contribution in [0.5, 0.6) is 5.75 Å². The number of amides is 1. The fourth-order valence-electron chi connectivity index (χ4n) is 1.34. The number of carbonyl (C=O) groups excluding carboxylic acids is 1. The van der Waals surface area contributed by atoms with Gasteiger partial charge in [0.1, 0.15) is 5.75 Å². The highest BCUT2D eigenvalue weighted by molar-refractivity contribution is 5.75. The minimum Gasteiger partial charge on any atom is -0.494 e. The van der Waals surface area contributed by atoms with Crippen molar-refractivity contribution in [2.75, 3.05) is 13.7 Å². The van der Waals surface area contributed by atoms with Crippen LogP contribution in [0.2, 0.25) is 0 Å². The van der Waals surface area contributed by atoms with Gasteiger partial charge in [-0.05, 0) is 24.1 Å². The first kappa shape index (κ1) is 13.0. The van der Waals surface area contributed by atoms with Crippen molar-refractivity contribution in [2.24, 2.45) is 0 Å². The number of carbonyl (C=O) groups is 1. The first-order valence-electron chi connectivity index (χ1n) is 5.55. The average Bonchev–Trinajstić information content (AvgIpc) is 2.36. The average molecular weight is 232 g/mol. The summed E-state index contributed by atoms with van der Waals surface area (Å²) in [6.45, 7) is 0.519. The Hall–Kier alpha value is -2.02. The van der Waals surface area contributed by atoms with Crippen LogP contribution in [0.25, 0.3) is 0 Å². The van der Waals surface area contributed by atoms with Gasteiger partial charge in [-0.2, -0.15) is 5.26 Å². The monoisotopic (exact) mass is 232 g/mol. The first-order chi connectivity index (χ1) is 8.26. The standard InChI is InChI=1S/C13H16N2O2/c1-15-13(16)3-2-10-17-12-6-4-11(5-7-12)8-9-14/h4-7H,2-3,8,10H2,1H3,(H,15,16). The van der Waals surface area contributed by atoms with Crippen LogP contribution in [0.4, 0.5) is 0 Å². The lowest BCUT2D eigenvalue weighted by atomic mass is 10.2. The van der Waals surface area contributed by atoms with Gasteiger partial charge in [0.15, 0.2) is 0 Å². The largest absolute Gasteiger partial charge is 0.494 e. The van der Waals surface area contributed by atoms with Crippen molar-refractivity contribution in [1.82, 2.24) is 5.32 Å². The fraction of sp³-hybridized carbons (Fsp3) is 0.385. The van der Waals surface area contributed by atoms with Crippen molar-refractivity contribution >= 4 is 5.91 Å². The quantitative estimate of drug-likeness (QED) is 0.759. The molecule has 1 aromatic carbocycles. The molecule has 0 saturated heterocycles. The van der Waals surface area contributed by atoms with Gasteiger partial charge in [-0.15, -0.1) is 0 Å². The molecule has 1 amide bonds. The van der Waals surface area contributed by atoms with E-state index in [0.29, 0.717) is 25.9 Å². The summed E-state index contributed by atoms with van der Waals surface area (Å²) in [5.74, 6) is 0.793. The van der Waals surface area contributed by atoms with E-state index in [4.69, 9.17) is 10.00 Å². The summed E-state index contributed by atoms with van der Waals surface area (Å²) in [7, 11) is 1.62. The minimum absolute atomic E-state index is 0.0259. The van der Waals surface area contributed by atoms with Crippen LogP contribution < -0.4 is 10.1 Å². The Balaban J connectivity index is 2.28. The number of hydrogen-bond acceptors (Lipinski definition) is 3. The maximum Gasteiger partial charge on any atom is 0.219 e. The van der Waals surface area contributed by atoms with Crippen molar-refractivity contribution in [1.29, 1.82) is 5.26 Å². The number of nitrogens with one attached hydrogen (secondary N) is 1. The molecule has 0 heterocycles. The number of ether oxygens (including phenoxy) is 1. The van der Waals surface area contributed by atoms with Gasteiger partial charge in [-0.3, -0.25) is 4.79 Å². The molecule has 1 rings (SSSR count). The van der Waals surface area contributed by atoms with Crippen molar-refractivity contribution in [3.63, 3.8) is 0 Å². The van der Waals surface area contributed by atoms with Crippen molar-refractivity contribution in [3.8, 4) is 11.8 Å². The van der Waals surface area contributed by atoms with Gasteiger partial charge >= 0.3 is 0 Å². The third kappa shape index (κ3) is 5.03. The topological polar surface area (TPSA) is 62.1 Å². The molecule has 4 nitrogen and oxygen atoms in total. The SMILES string of the molecule is CNC(=O)CCCOc1ccc(CC#N)cc1. The molecule has 0 unspecified atom stereocenters. The molecule has 0 saturated carbocycles. The van der Waals surface area contributed by atoms with Gasteiger partial charge in [0.2, 0.25) is 5.91 Å². The Labute approximate surface area is 101 Å². The summed E-state index contributed by atoms with van der Waals surface area (Å²) in [5.41, 5.74) is 0.977. The van der Waals surface area contributed by atoms with Crippen molar-refractivity contribution in [2.45, 2.75) is 19.3 Å². The van der Waals surface area contributed by atoms with E-state index in [2.05, 4.69) is 11.4 Å². The Morgan fingerprint density at radius 1 is 1.41 bits per heavy atom. The molecule has 90 valence electrons. The Bertz CT molecular complexity index is 393. The van der Waals surface area contributed by atoms with Crippen LogP contribution in [0.1, 0.15) is 18.4 Å². The maximum absolute atomic E-state index is 10.9. The molecular formula is C13H16N2O2. The van der Waals surface area contributed by atoms with E-state index in [0.717, 1.165) is 11.3 Å². The molecule has 1 aromatic rings. The highest BCUT2D eigenvalue weighted by atomic mass is 16.5. The van der Waals surface area contributed by atoms with Crippen LogP contribution in [0, 0.1) is 11.3 Å². The molecule has 0 aliphatic rings. The highest BCUT2D eigenvalue weighted by Gasteiger charge is 1.99. The fourth-order valence-corrected chi connectivity index (χ4v) is 1.34. The van der Waals surface area contributed by atoms with E-state index in [-0.39, 0.29) is 5.91 Å². The van der Waals surface area contributed by atoms with Gasteiger partial charge in [0.25, 0.3) is 0 Å². The lowest BCUT2D eigenvalue weighted by Gasteiger charge is -2.06. The summed E-state index contributed by atoms with van der Waals surface area (Å²) >= 11 is 0. The van der Waals surface area contributed by atoms with E-state index in [1.807, 2.05) is 24.3 Å². The lowest BCUT2D eigenvalue weighted by molar-refractivity contribution is -0.120. The van der Waals surface area contributed by atoms with Gasteiger partial charge in [-0.25, -0.2) is 0 Å². The van der Waals surface area contributed by atoms with Crippen LogP contribution in [-0.2, 0) is 11.2 Å². The molecular weight excluding hydrogens is 216 g/mol. The van der Waals surface area contributed by atoms with Crippen molar-refractivity contribution in [3.05, 3.63) is 29.8 Å². The second kappa shape index (κ2) is 7.29. The maximum atomic E-state index is 10.9. The lowest BCUT2D eigenvalue weighted by Crippen LogP contribution is -2.18. The summed E-state index contributed by atoms with van der Waals surface area (Å²) in [4.78, 5) is 10.9. The zero-order chi connectivity index (χ0) is 12.5. The molecule has 0 aliphatic heterocycles. The Morgan fingerprint density at radius 2 is 2.12 bits per heavy atom. The number of nitrogens with zero attached hydrogens (tertiary/aromatic N) is 1. The van der Waals surface area contributed by atoms with E-state index < -0.39 is 0 Å². The third-order valence-electron chi connectivity index (χ3n) is 2.30. The van der Waals surface area contributed by atoms with Gasteiger partial charge in [0.05, 0.1) is 19.1 Å². The summed E-state index contributed by atoms with van der Waals surface area (Å²) < 4.78 is 5.47. The molecule has 0 aromatic heterocycles. The predicted octanol–water partition coefficient (Wildman–Crippen LogP) is 1.66. The number of benzene rings is 1. The van der Waals surface area contributed by atoms with Gasteiger partial charge < -0.3 is 10.1 Å². The molecule has 0 radical (unpaired) electrons. The second-order valence-corrected chi connectivity index (χ2v) is 3.60. The molecule has 1 N–H and O–H groups in total. The molecule has 4 heteroatoms.